The summed E-state index contributed by atoms with van der Waals surface area (Å²) < 4.78 is 20.6. The van der Waals surface area contributed by atoms with Crippen molar-refractivity contribution >= 4 is 34.9 Å². The van der Waals surface area contributed by atoms with E-state index in [4.69, 9.17) is 4.74 Å². The summed E-state index contributed by atoms with van der Waals surface area (Å²) in [7, 11) is 1.55. The molecule has 0 unspecified atom stereocenters. The molecule has 2 heterocycles. The average Bonchev–Trinajstić information content (AvgIpc) is 3.35. The second-order valence-electron chi connectivity index (χ2n) is 7.25. The van der Waals surface area contributed by atoms with Crippen LogP contribution in [0.25, 0.3) is 11.8 Å². The standard InChI is InChI=1S/C23H20FN5O4S/c1-14-20(26-27-29(14)16-7-5-8-17(13-16)33-2)21(30)25-10-11-28-22(31)19(34-23(28)32)12-15-6-3-4-9-18(15)24/h3-9,12-13H,10-11H2,1-2H3,(H,25,30)/b19-12-. The van der Waals surface area contributed by atoms with Gasteiger partial charge in [-0.15, -0.1) is 5.10 Å². The van der Waals surface area contributed by atoms with Crippen molar-refractivity contribution in [3.05, 3.63) is 76.2 Å². The summed E-state index contributed by atoms with van der Waals surface area (Å²) in [6, 6.07) is 13.1. The first-order valence-electron chi connectivity index (χ1n) is 10.2. The van der Waals surface area contributed by atoms with Crippen LogP contribution in [0.1, 0.15) is 21.7 Å². The molecule has 1 N–H and O–H groups in total. The Bertz CT molecular complexity index is 1310. The fourth-order valence-electron chi connectivity index (χ4n) is 3.32. The fraction of sp³-hybridized carbons (Fsp3) is 0.174. The lowest BCUT2D eigenvalue weighted by Gasteiger charge is -2.12. The second-order valence-corrected chi connectivity index (χ2v) is 8.24. The first kappa shape index (κ1) is 23.2. The van der Waals surface area contributed by atoms with Gasteiger partial charge in [0.1, 0.15) is 11.6 Å². The molecule has 0 spiro atoms. The quantitative estimate of drug-likeness (QED) is 0.517. The third-order valence-electron chi connectivity index (χ3n) is 5.09. The van der Waals surface area contributed by atoms with E-state index in [2.05, 4.69) is 15.6 Å². The van der Waals surface area contributed by atoms with Gasteiger partial charge in [0.2, 0.25) is 0 Å². The maximum absolute atomic E-state index is 13.9. The third kappa shape index (κ3) is 4.69. The molecule has 2 aromatic carbocycles. The van der Waals surface area contributed by atoms with Gasteiger partial charge in [0.05, 0.1) is 23.4 Å². The van der Waals surface area contributed by atoms with E-state index in [-0.39, 0.29) is 29.3 Å². The number of thioether (sulfide) groups is 1. The largest absolute Gasteiger partial charge is 0.497 e. The highest BCUT2D eigenvalue weighted by Gasteiger charge is 2.35. The van der Waals surface area contributed by atoms with Gasteiger partial charge in [-0.05, 0) is 43.0 Å². The number of imide groups is 1. The molecule has 1 aliphatic rings. The molecule has 3 amide bonds. The number of hydrogen-bond acceptors (Lipinski definition) is 7. The van der Waals surface area contributed by atoms with E-state index in [0.29, 0.717) is 17.1 Å². The Kier molecular flexibility index (Phi) is 6.73. The van der Waals surface area contributed by atoms with Crippen molar-refractivity contribution in [2.75, 3.05) is 20.2 Å². The van der Waals surface area contributed by atoms with Gasteiger partial charge < -0.3 is 10.1 Å². The van der Waals surface area contributed by atoms with Gasteiger partial charge in [0, 0.05) is 24.7 Å². The molecule has 0 saturated carbocycles. The van der Waals surface area contributed by atoms with Crippen molar-refractivity contribution in [3.8, 4) is 11.4 Å². The minimum absolute atomic E-state index is 0.0231. The summed E-state index contributed by atoms with van der Waals surface area (Å²) in [5.41, 5.74) is 1.54. The molecule has 34 heavy (non-hydrogen) atoms. The second kappa shape index (κ2) is 9.87. The minimum atomic E-state index is -0.535. The Balaban J connectivity index is 1.39. The van der Waals surface area contributed by atoms with E-state index in [1.807, 2.05) is 0 Å². The molecule has 4 rings (SSSR count). The third-order valence-corrected chi connectivity index (χ3v) is 6.00. The molecule has 1 aliphatic heterocycles. The summed E-state index contributed by atoms with van der Waals surface area (Å²) in [6.07, 6.45) is 1.35. The molecule has 11 heteroatoms. The Hall–Kier alpha value is -3.99. The molecule has 1 aromatic heterocycles. The van der Waals surface area contributed by atoms with Gasteiger partial charge in [-0.25, -0.2) is 9.07 Å². The highest BCUT2D eigenvalue weighted by atomic mass is 32.2. The number of hydrogen-bond donors (Lipinski definition) is 1. The van der Waals surface area contributed by atoms with Crippen LogP contribution in [0, 0.1) is 12.7 Å². The van der Waals surface area contributed by atoms with E-state index in [1.165, 1.54) is 29.0 Å². The Labute approximate surface area is 198 Å². The van der Waals surface area contributed by atoms with Crippen LogP contribution in [0.4, 0.5) is 9.18 Å². The van der Waals surface area contributed by atoms with Crippen molar-refractivity contribution in [1.82, 2.24) is 25.2 Å². The number of carbonyl (C=O) groups is 3. The Morgan fingerprint density at radius 2 is 2.00 bits per heavy atom. The summed E-state index contributed by atoms with van der Waals surface area (Å²) in [5.74, 6) is -0.869. The smallest absolute Gasteiger partial charge is 0.293 e. The van der Waals surface area contributed by atoms with Crippen LogP contribution in [0.3, 0.4) is 0 Å². The number of halogens is 1. The lowest BCUT2D eigenvalue weighted by Crippen LogP contribution is -2.37. The van der Waals surface area contributed by atoms with E-state index in [9.17, 15) is 18.8 Å². The summed E-state index contributed by atoms with van der Waals surface area (Å²) in [6.45, 7) is 1.70. The van der Waals surface area contributed by atoms with Gasteiger partial charge in [0.15, 0.2) is 5.69 Å². The minimum Gasteiger partial charge on any atom is -0.497 e. The van der Waals surface area contributed by atoms with Gasteiger partial charge in [-0.3, -0.25) is 19.3 Å². The van der Waals surface area contributed by atoms with Crippen molar-refractivity contribution in [2.24, 2.45) is 0 Å². The maximum Gasteiger partial charge on any atom is 0.293 e. The molecule has 0 aliphatic carbocycles. The number of aromatic nitrogens is 3. The van der Waals surface area contributed by atoms with Crippen molar-refractivity contribution in [2.45, 2.75) is 6.92 Å². The zero-order valence-corrected chi connectivity index (χ0v) is 19.1. The van der Waals surface area contributed by atoms with Crippen LogP contribution < -0.4 is 10.1 Å². The van der Waals surface area contributed by atoms with Crippen LogP contribution in [0.15, 0.2) is 53.4 Å². The summed E-state index contributed by atoms with van der Waals surface area (Å²) in [4.78, 5) is 38.6. The van der Waals surface area contributed by atoms with Crippen LogP contribution in [0.5, 0.6) is 5.75 Å². The SMILES string of the molecule is COc1cccc(-n2nnc(C(=O)NCCN3C(=O)S/C(=C\c4ccccc4F)C3=O)c2C)c1. The van der Waals surface area contributed by atoms with E-state index in [0.717, 1.165) is 16.7 Å². The first-order chi connectivity index (χ1) is 16.4. The van der Waals surface area contributed by atoms with E-state index < -0.39 is 22.9 Å². The Morgan fingerprint density at radius 3 is 2.76 bits per heavy atom. The molecule has 0 bridgehead atoms. The highest BCUT2D eigenvalue weighted by molar-refractivity contribution is 8.18. The number of amides is 3. The molecule has 174 valence electrons. The molecular formula is C23H20FN5O4S. The van der Waals surface area contributed by atoms with E-state index in [1.54, 1.807) is 44.4 Å². The van der Waals surface area contributed by atoms with E-state index >= 15 is 0 Å². The number of nitrogens with zero attached hydrogens (tertiary/aromatic N) is 4. The van der Waals surface area contributed by atoms with Crippen molar-refractivity contribution in [3.63, 3.8) is 0 Å². The first-order valence-corrected chi connectivity index (χ1v) is 11.1. The van der Waals surface area contributed by atoms with Gasteiger partial charge in [-0.1, -0.05) is 29.5 Å². The topological polar surface area (TPSA) is 106 Å². The van der Waals surface area contributed by atoms with Crippen LogP contribution in [-0.2, 0) is 4.79 Å². The number of ether oxygens (including phenoxy) is 1. The van der Waals surface area contributed by atoms with Crippen LogP contribution in [-0.4, -0.2) is 57.1 Å². The monoisotopic (exact) mass is 481 g/mol. The summed E-state index contributed by atoms with van der Waals surface area (Å²) >= 11 is 0.730. The molecule has 0 atom stereocenters. The van der Waals surface area contributed by atoms with Crippen LogP contribution in [0.2, 0.25) is 0 Å². The molecular weight excluding hydrogens is 461 g/mol. The number of carbonyl (C=O) groups excluding carboxylic acids is 3. The zero-order chi connectivity index (χ0) is 24.2. The maximum atomic E-state index is 13.9. The molecule has 3 aromatic rings. The fourth-order valence-corrected chi connectivity index (χ4v) is 4.17. The molecule has 1 saturated heterocycles. The van der Waals surface area contributed by atoms with Gasteiger partial charge in [0.25, 0.3) is 17.1 Å². The van der Waals surface area contributed by atoms with Gasteiger partial charge in [-0.2, -0.15) is 0 Å². The predicted molar refractivity (Wildman–Crippen MR) is 124 cm³/mol. The number of methoxy groups -OCH3 is 1. The van der Waals surface area contributed by atoms with Crippen molar-refractivity contribution < 1.29 is 23.5 Å². The molecule has 0 radical (unpaired) electrons. The summed E-state index contributed by atoms with van der Waals surface area (Å²) in [5, 5.41) is 10.2. The van der Waals surface area contributed by atoms with Crippen molar-refractivity contribution in [1.29, 1.82) is 0 Å². The Morgan fingerprint density at radius 1 is 1.21 bits per heavy atom. The lowest BCUT2D eigenvalue weighted by atomic mass is 10.2. The highest BCUT2D eigenvalue weighted by Crippen LogP contribution is 2.32. The number of benzene rings is 2. The number of rotatable bonds is 7. The molecule has 1 fully saturated rings. The zero-order valence-electron chi connectivity index (χ0n) is 18.3. The molecule has 9 nitrogen and oxygen atoms in total. The average molecular weight is 482 g/mol. The van der Waals surface area contributed by atoms with Crippen LogP contribution >= 0.6 is 11.8 Å². The predicted octanol–water partition coefficient (Wildman–Crippen LogP) is 3.19. The number of nitrogens with one attached hydrogen (secondary N) is 1. The lowest BCUT2D eigenvalue weighted by molar-refractivity contribution is -0.122. The van der Waals surface area contributed by atoms with Gasteiger partial charge >= 0.3 is 0 Å². The normalized spacial score (nSPS) is 14.7.